The minimum absolute atomic E-state index is 0.333. The molecule has 0 saturated carbocycles. The number of rotatable bonds is 10. The topological polar surface area (TPSA) is 52.6 Å². The van der Waals surface area contributed by atoms with Crippen molar-refractivity contribution in [2.24, 2.45) is 5.92 Å². The summed E-state index contributed by atoms with van der Waals surface area (Å²) in [5, 5.41) is 0. The third-order valence-corrected chi connectivity index (χ3v) is 5.57. The van der Waals surface area contributed by atoms with E-state index in [2.05, 4.69) is 33.8 Å². The molecule has 3 aromatic rings. The number of carbonyl (C=O) groups is 2. The Bertz CT molecular complexity index is 1100. The van der Waals surface area contributed by atoms with Crippen molar-refractivity contribution in [3.05, 3.63) is 94.5 Å². The van der Waals surface area contributed by atoms with Gasteiger partial charge >= 0.3 is 11.9 Å². The van der Waals surface area contributed by atoms with E-state index in [1.807, 2.05) is 12.1 Å². The summed E-state index contributed by atoms with van der Waals surface area (Å²) in [7, 11) is 0. The molecule has 0 heterocycles. The van der Waals surface area contributed by atoms with Gasteiger partial charge in [-0.2, -0.15) is 0 Å². The first-order valence-corrected chi connectivity index (χ1v) is 12.2. The quantitative estimate of drug-likeness (QED) is 0.238. The number of benzene rings is 3. The average molecular weight is 459 g/mol. The van der Waals surface area contributed by atoms with Crippen LogP contribution in [-0.2, 0) is 19.3 Å². The van der Waals surface area contributed by atoms with Crippen molar-refractivity contribution in [1.29, 1.82) is 0 Å². The van der Waals surface area contributed by atoms with Crippen molar-refractivity contribution in [2.75, 3.05) is 0 Å². The van der Waals surface area contributed by atoms with Crippen LogP contribution in [-0.4, -0.2) is 11.9 Å². The zero-order chi connectivity index (χ0) is 24.5. The number of hydrogen-bond donors (Lipinski definition) is 0. The summed E-state index contributed by atoms with van der Waals surface area (Å²) in [4.78, 5) is 26.2. The maximum Gasteiger partial charge on any atom is 0.343 e. The molecule has 0 aromatic heterocycles. The van der Waals surface area contributed by atoms with E-state index in [1.54, 1.807) is 48.5 Å². The fourth-order valence-corrected chi connectivity index (χ4v) is 4.04. The maximum atomic E-state index is 13.1. The molecule has 0 fully saturated rings. The van der Waals surface area contributed by atoms with E-state index in [0.717, 1.165) is 42.4 Å². The van der Waals surface area contributed by atoms with Gasteiger partial charge in [-0.25, -0.2) is 9.59 Å². The molecule has 0 amide bonds. The highest BCUT2D eigenvalue weighted by Gasteiger charge is 2.26. The fraction of sp³-hybridized carbons (Fsp3) is 0.333. The lowest BCUT2D eigenvalue weighted by molar-refractivity contribution is 0.0679. The van der Waals surface area contributed by atoms with Gasteiger partial charge in [0.1, 0.15) is 0 Å². The van der Waals surface area contributed by atoms with Crippen LogP contribution in [0.1, 0.15) is 77.9 Å². The maximum absolute atomic E-state index is 13.1. The highest BCUT2D eigenvalue weighted by atomic mass is 16.6. The number of hydrogen-bond acceptors (Lipinski definition) is 4. The molecule has 0 aliphatic carbocycles. The van der Waals surface area contributed by atoms with E-state index in [1.165, 1.54) is 0 Å². The molecule has 0 saturated heterocycles. The molecule has 4 heteroatoms. The van der Waals surface area contributed by atoms with Crippen molar-refractivity contribution >= 4 is 11.9 Å². The lowest BCUT2D eigenvalue weighted by Crippen LogP contribution is -2.17. The molecular formula is C30H34O4. The first-order valence-electron chi connectivity index (χ1n) is 12.2. The molecule has 0 atom stereocenters. The van der Waals surface area contributed by atoms with Gasteiger partial charge in [-0.3, -0.25) is 0 Å². The van der Waals surface area contributed by atoms with E-state index in [0.29, 0.717) is 35.0 Å². The summed E-state index contributed by atoms with van der Waals surface area (Å²) in [6, 6.07) is 19.9. The summed E-state index contributed by atoms with van der Waals surface area (Å²) in [6.07, 6.45) is 4.13. The number of aryl methyl sites for hydroxylation is 2. The predicted molar refractivity (Wildman–Crippen MR) is 136 cm³/mol. The Morgan fingerprint density at radius 2 is 1.18 bits per heavy atom. The Labute approximate surface area is 202 Å². The van der Waals surface area contributed by atoms with Crippen LogP contribution in [0.3, 0.4) is 0 Å². The summed E-state index contributed by atoms with van der Waals surface area (Å²) < 4.78 is 12.0. The summed E-state index contributed by atoms with van der Waals surface area (Å²) in [5.41, 5.74) is 3.88. The number of carbonyl (C=O) groups excluding carboxylic acids is 2. The van der Waals surface area contributed by atoms with E-state index in [4.69, 9.17) is 9.47 Å². The third kappa shape index (κ3) is 6.34. The van der Waals surface area contributed by atoms with Gasteiger partial charge in [0.2, 0.25) is 0 Å². The molecule has 4 nitrogen and oxygen atoms in total. The normalized spacial score (nSPS) is 10.9. The largest absolute Gasteiger partial charge is 0.419 e. The first-order chi connectivity index (χ1) is 16.4. The first kappa shape index (κ1) is 25.2. The third-order valence-electron chi connectivity index (χ3n) is 5.57. The standard InChI is InChI=1S/C30H34O4/c1-5-13-24-20-25(14-6-2)27(33-29(31)22-15-9-7-10-16-22)28(26(24)19-21(3)4)34-30(32)23-17-11-8-12-18-23/h7-12,15-18,20-21H,5-6,13-14,19H2,1-4H3. The average Bonchev–Trinajstić information content (AvgIpc) is 2.84. The molecular weight excluding hydrogens is 424 g/mol. The van der Waals surface area contributed by atoms with Crippen molar-refractivity contribution < 1.29 is 19.1 Å². The van der Waals surface area contributed by atoms with Crippen LogP contribution in [0.25, 0.3) is 0 Å². The molecule has 0 radical (unpaired) electrons. The highest BCUT2D eigenvalue weighted by molar-refractivity contribution is 5.93. The minimum atomic E-state index is -0.464. The van der Waals surface area contributed by atoms with Gasteiger partial charge in [-0.15, -0.1) is 0 Å². The van der Waals surface area contributed by atoms with Crippen LogP contribution in [0, 0.1) is 5.92 Å². The molecule has 0 spiro atoms. The predicted octanol–water partition coefficient (Wildman–Crippen LogP) is 7.23. The second-order valence-corrected chi connectivity index (χ2v) is 8.94. The highest BCUT2D eigenvalue weighted by Crippen LogP contribution is 2.41. The number of esters is 2. The van der Waals surface area contributed by atoms with Crippen LogP contribution in [0.2, 0.25) is 0 Å². The molecule has 3 rings (SSSR count). The van der Waals surface area contributed by atoms with Gasteiger partial charge in [0, 0.05) is 5.56 Å². The van der Waals surface area contributed by atoms with Gasteiger partial charge in [-0.1, -0.05) is 83.0 Å². The van der Waals surface area contributed by atoms with Gasteiger partial charge in [-0.05, 0) is 60.6 Å². The van der Waals surface area contributed by atoms with E-state index < -0.39 is 11.9 Å². The Morgan fingerprint density at radius 1 is 0.706 bits per heavy atom. The van der Waals surface area contributed by atoms with Gasteiger partial charge < -0.3 is 9.47 Å². The Kier molecular flexibility index (Phi) is 9.03. The van der Waals surface area contributed by atoms with Crippen LogP contribution < -0.4 is 9.47 Å². The van der Waals surface area contributed by atoms with Gasteiger partial charge in [0.15, 0.2) is 11.5 Å². The van der Waals surface area contributed by atoms with Crippen LogP contribution in [0.15, 0.2) is 66.7 Å². The summed E-state index contributed by atoms with van der Waals surface area (Å²) in [5.74, 6) is 0.142. The second kappa shape index (κ2) is 12.2. The molecule has 0 bridgehead atoms. The van der Waals surface area contributed by atoms with Gasteiger partial charge in [0.05, 0.1) is 11.1 Å². The zero-order valence-electron chi connectivity index (χ0n) is 20.6. The second-order valence-electron chi connectivity index (χ2n) is 8.94. The van der Waals surface area contributed by atoms with E-state index in [-0.39, 0.29) is 0 Å². The van der Waals surface area contributed by atoms with Crippen molar-refractivity contribution in [1.82, 2.24) is 0 Å². The van der Waals surface area contributed by atoms with Gasteiger partial charge in [0.25, 0.3) is 0 Å². The van der Waals surface area contributed by atoms with E-state index in [9.17, 15) is 9.59 Å². The SMILES string of the molecule is CCCc1cc(CCC)c(OC(=O)c2ccccc2)c(OC(=O)c2ccccc2)c1CC(C)C. The van der Waals surface area contributed by atoms with Crippen LogP contribution >= 0.6 is 0 Å². The molecule has 0 unspecified atom stereocenters. The van der Waals surface area contributed by atoms with Crippen LogP contribution in [0.4, 0.5) is 0 Å². The Hall–Kier alpha value is -3.40. The van der Waals surface area contributed by atoms with E-state index >= 15 is 0 Å². The van der Waals surface area contributed by atoms with Crippen molar-refractivity contribution in [2.45, 2.75) is 59.8 Å². The van der Waals surface area contributed by atoms with Crippen molar-refractivity contribution in [3.63, 3.8) is 0 Å². The van der Waals surface area contributed by atoms with Crippen molar-refractivity contribution in [3.8, 4) is 11.5 Å². The Morgan fingerprint density at radius 3 is 1.65 bits per heavy atom. The Balaban J connectivity index is 2.17. The molecule has 178 valence electrons. The molecule has 34 heavy (non-hydrogen) atoms. The monoisotopic (exact) mass is 458 g/mol. The fourth-order valence-electron chi connectivity index (χ4n) is 4.04. The van der Waals surface area contributed by atoms with Crippen LogP contribution in [0.5, 0.6) is 11.5 Å². The molecule has 0 aliphatic rings. The lowest BCUT2D eigenvalue weighted by Gasteiger charge is -2.22. The zero-order valence-corrected chi connectivity index (χ0v) is 20.6. The summed E-state index contributed by atoms with van der Waals surface area (Å²) >= 11 is 0. The number of ether oxygens (including phenoxy) is 2. The molecule has 3 aromatic carbocycles. The minimum Gasteiger partial charge on any atom is -0.419 e. The lowest BCUT2D eigenvalue weighted by atomic mass is 9.91. The molecule has 0 aliphatic heterocycles. The smallest absolute Gasteiger partial charge is 0.343 e. The molecule has 0 N–H and O–H groups in total. The summed E-state index contributed by atoms with van der Waals surface area (Å²) in [6.45, 7) is 8.49.